The highest BCUT2D eigenvalue weighted by Crippen LogP contribution is 2.27. The zero-order valence-electron chi connectivity index (χ0n) is 14.9. The van der Waals surface area contributed by atoms with Crippen LogP contribution in [0.3, 0.4) is 0 Å². The third-order valence-electron chi connectivity index (χ3n) is 3.49. The van der Waals surface area contributed by atoms with E-state index < -0.39 is 17.9 Å². The Morgan fingerprint density at radius 2 is 1.60 bits per heavy atom. The number of rotatable bonds is 8. The fourth-order valence-electron chi connectivity index (χ4n) is 2.24. The summed E-state index contributed by atoms with van der Waals surface area (Å²) in [6, 6.07) is 1.55. The molecule has 0 fully saturated rings. The molecule has 25 heavy (non-hydrogen) atoms. The lowest BCUT2D eigenvalue weighted by Gasteiger charge is -2.19. The molecule has 0 aliphatic rings. The lowest BCUT2D eigenvalue weighted by Crippen LogP contribution is -2.31. The minimum Gasteiger partial charge on any atom is -0.465 e. The first-order valence-corrected chi connectivity index (χ1v) is 8.98. The molecule has 8 heteroatoms. The van der Waals surface area contributed by atoms with Gasteiger partial charge in [-0.25, -0.2) is 0 Å². The maximum absolute atomic E-state index is 12.4. The molecule has 0 saturated carbocycles. The molecule has 7 nitrogen and oxygen atoms in total. The van der Waals surface area contributed by atoms with Crippen molar-refractivity contribution >= 4 is 33.8 Å². The zero-order chi connectivity index (χ0) is 19.0. The molecule has 1 aromatic heterocycles. The van der Waals surface area contributed by atoms with Gasteiger partial charge < -0.3 is 14.4 Å². The molecule has 0 saturated heterocycles. The summed E-state index contributed by atoms with van der Waals surface area (Å²) in [7, 11) is 0. The summed E-state index contributed by atoms with van der Waals surface area (Å²) < 4.78 is 10.3. The fourth-order valence-corrected chi connectivity index (χ4v) is 2.82. The molecule has 1 aromatic rings. The summed E-state index contributed by atoms with van der Waals surface area (Å²) >= 11 is 3.30. The monoisotopic (exact) mass is 414 g/mol. The Morgan fingerprint density at radius 3 is 2.00 bits per heavy atom. The van der Waals surface area contributed by atoms with Crippen LogP contribution in [0.5, 0.6) is 0 Å². The molecule has 0 radical (unpaired) electrons. The first-order valence-electron chi connectivity index (χ1n) is 8.19. The van der Waals surface area contributed by atoms with Crippen LogP contribution in [0, 0.1) is 0 Å². The van der Waals surface area contributed by atoms with Crippen LogP contribution >= 0.6 is 15.9 Å². The standard InChI is InChI=1S/C17H23BrN2O5/c1-5-20(6-2)15(21)11-9-12(18)14(19-10-11)13(16(22)24-7-3)17(23)25-8-4/h9-10,13H,5-8H2,1-4H3. The highest BCUT2D eigenvalue weighted by Gasteiger charge is 2.34. The molecule has 0 N–H and O–H groups in total. The Labute approximate surface area is 155 Å². The average Bonchev–Trinajstić information content (AvgIpc) is 2.58. The molecule has 1 heterocycles. The van der Waals surface area contributed by atoms with Gasteiger partial charge >= 0.3 is 11.9 Å². The van der Waals surface area contributed by atoms with Crippen LogP contribution in [-0.2, 0) is 19.1 Å². The van der Waals surface area contributed by atoms with Crippen LogP contribution in [0.1, 0.15) is 49.7 Å². The summed E-state index contributed by atoms with van der Waals surface area (Å²) in [6.45, 7) is 8.47. The number of nitrogens with zero attached hydrogens (tertiary/aromatic N) is 2. The van der Waals surface area contributed by atoms with Gasteiger partial charge in [0.05, 0.1) is 24.5 Å². The van der Waals surface area contributed by atoms with Crippen LogP contribution in [0.15, 0.2) is 16.7 Å². The summed E-state index contributed by atoms with van der Waals surface area (Å²) in [5.74, 6) is -2.95. The SMILES string of the molecule is CCOC(=O)C(C(=O)OCC)c1ncc(C(=O)N(CC)CC)cc1Br. The number of amides is 1. The second-order valence-corrected chi connectivity index (χ2v) is 5.86. The molecule has 0 spiro atoms. The van der Waals surface area contributed by atoms with E-state index in [1.807, 2.05) is 13.8 Å². The van der Waals surface area contributed by atoms with Crippen LogP contribution in [0.4, 0.5) is 0 Å². The van der Waals surface area contributed by atoms with Crippen molar-refractivity contribution in [1.29, 1.82) is 0 Å². The van der Waals surface area contributed by atoms with Gasteiger partial charge in [0.15, 0.2) is 5.92 Å². The summed E-state index contributed by atoms with van der Waals surface area (Å²) in [6.07, 6.45) is 1.35. The maximum Gasteiger partial charge on any atom is 0.326 e. The summed E-state index contributed by atoms with van der Waals surface area (Å²) in [4.78, 5) is 42.6. The highest BCUT2D eigenvalue weighted by atomic mass is 79.9. The number of aromatic nitrogens is 1. The number of ether oxygens (including phenoxy) is 2. The van der Waals surface area contributed by atoms with E-state index in [1.54, 1.807) is 24.8 Å². The van der Waals surface area contributed by atoms with Crippen molar-refractivity contribution in [2.75, 3.05) is 26.3 Å². The van der Waals surface area contributed by atoms with Crippen molar-refractivity contribution in [3.05, 3.63) is 28.0 Å². The summed E-state index contributed by atoms with van der Waals surface area (Å²) in [5.41, 5.74) is 0.527. The number of carbonyl (C=O) groups excluding carboxylic acids is 3. The molecule has 1 rings (SSSR count). The van der Waals surface area contributed by atoms with Crippen molar-refractivity contribution in [1.82, 2.24) is 9.88 Å². The van der Waals surface area contributed by atoms with Crippen LogP contribution in [0.25, 0.3) is 0 Å². The third-order valence-corrected chi connectivity index (χ3v) is 4.12. The van der Waals surface area contributed by atoms with Gasteiger partial charge in [-0.05, 0) is 49.7 Å². The predicted molar refractivity (Wildman–Crippen MR) is 95.2 cm³/mol. The van der Waals surface area contributed by atoms with Crippen molar-refractivity contribution in [2.24, 2.45) is 0 Å². The number of esters is 2. The molecule has 0 bridgehead atoms. The third kappa shape index (κ3) is 5.26. The molecule has 0 aliphatic carbocycles. The average molecular weight is 415 g/mol. The number of hydrogen-bond donors (Lipinski definition) is 0. The van der Waals surface area contributed by atoms with E-state index in [0.717, 1.165) is 0 Å². The van der Waals surface area contributed by atoms with Gasteiger partial charge in [0, 0.05) is 23.8 Å². The molecular formula is C17H23BrN2O5. The van der Waals surface area contributed by atoms with Gasteiger partial charge in [-0.15, -0.1) is 0 Å². The predicted octanol–water partition coefficient (Wildman–Crippen LogP) is 2.54. The Kier molecular flexibility index (Phi) is 8.54. The van der Waals surface area contributed by atoms with E-state index in [9.17, 15) is 14.4 Å². The quantitative estimate of drug-likeness (QED) is 0.479. The highest BCUT2D eigenvalue weighted by molar-refractivity contribution is 9.10. The van der Waals surface area contributed by atoms with Crippen molar-refractivity contribution in [3.63, 3.8) is 0 Å². The zero-order valence-corrected chi connectivity index (χ0v) is 16.5. The summed E-state index contributed by atoms with van der Waals surface area (Å²) in [5, 5.41) is 0. The number of carbonyl (C=O) groups is 3. The first kappa shape index (κ1) is 21.1. The van der Waals surface area contributed by atoms with E-state index in [1.165, 1.54) is 6.20 Å². The van der Waals surface area contributed by atoms with Crippen molar-refractivity contribution in [3.8, 4) is 0 Å². The largest absolute Gasteiger partial charge is 0.465 e. The van der Waals surface area contributed by atoms with Gasteiger partial charge in [-0.1, -0.05) is 0 Å². The molecule has 0 unspecified atom stereocenters. The van der Waals surface area contributed by atoms with Crippen molar-refractivity contribution < 1.29 is 23.9 Å². The minimum absolute atomic E-state index is 0.130. The normalized spacial score (nSPS) is 10.5. The molecule has 0 atom stereocenters. The lowest BCUT2D eigenvalue weighted by atomic mass is 10.0. The van der Waals surface area contributed by atoms with Crippen LogP contribution < -0.4 is 0 Å². The topological polar surface area (TPSA) is 85.8 Å². The van der Waals surface area contributed by atoms with Crippen LogP contribution in [0.2, 0.25) is 0 Å². The van der Waals surface area contributed by atoms with Gasteiger partial charge in [0.1, 0.15) is 0 Å². The Bertz CT molecular complexity index is 613. The molecular weight excluding hydrogens is 392 g/mol. The van der Waals surface area contributed by atoms with E-state index in [-0.39, 0.29) is 24.8 Å². The van der Waals surface area contributed by atoms with E-state index in [4.69, 9.17) is 9.47 Å². The fraction of sp³-hybridized carbons (Fsp3) is 0.529. The molecule has 0 aliphatic heterocycles. The van der Waals surface area contributed by atoms with E-state index >= 15 is 0 Å². The van der Waals surface area contributed by atoms with E-state index in [0.29, 0.717) is 23.1 Å². The lowest BCUT2D eigenvalue weighted by molar-refractivity contribution is -0.157. The second-order valence-electron chi connectivity index (χ2n) is 5.01. The Balaban J connectivity index is 3.22. The van der Waals surface area contributed by atoms with Crippen LogP contribution in [-0.4, -0.2) is 54.0 Å². The molecule has 1 amide bonds. The molecule has 0 aromatic carbocycles. The first-order chi connectivity index (χ1) is 11.9. The van der Waals surface area contributed by atoms with Crippen molar-refractivity contribution in [2.45, 2.75) is 33.6 Å². The number of hydrogen-bond acceptors (Lipinski definition) is 6. The van der Waals surface area contributed by atoms with Gasteiger partial charge in [-0.3, -0.25) is 19.4 Å². The van der Waals surface area contributed by atoms with Gasteiger partial charge in [0.25, 0.3) is 5.91 Å². The van der Waals surface area contributed by atoms with Gasteiger partial charge in [0.2, 0.25) is 0 Å². The second kappa shape index (κ2) is 10.1. The molecule has 138 valence electrons. The Hall–Kier alpha value is -1.96. The van der Waals surface area contributed by atoms with Gasteiger partial charge in [-0.2, -0.15) is 0 Å². The smallest absolute Gasteiger partial charge is 0.326 e. The van der Waals surface area contributed by atoms with E-state index in [2.05, 4.69) is 20.9 Å². The maximum atomic E-state index is 12.4. The number of pyridine rings is 1. The number of halogens is 1. The Morgan fingerprint density at radius 1 is 1.08 bits per heavy atom. The minimum atomic E-state index is -1.30.